The molecule has 0 saturated heterocycles. The van der Waals surface area contributed by atoms with Gasteiger partial charge in [0.25, 0.3) is 0 Å². The Morgan fingerprint density at radius 1 is 1.45 bits per heavy atom. The van der Waals surface area contributed by atoms with E-state index in [1.54, 1.807) is 21.1 Å². The fourth-order valence-electron chi connectivity index (χ4n) is 1.27. The van der Waals surface area contributed by atoms with Gasteiger partial charge in [0, 0.05) is 34.2 Å². The zero-order valence-electron chi connectivity index (χ0n) is 11.5. The molecule has 0 aliphatic heterocycles. The molecule has 0 radical (unpaired) electrons. The number of aromatic nitrogens is 2. The summed E-state index contributed by atoms with van der Waals surface area (Å²) in [6.07, 6.45) is 1.12. The molecular formula is C10H17N7O3. The molecule has 3 N–H and O–H groups in total. The molecule has 1 aromatic rings. The predicted octanol–water partition coefficient (Wildman–Crippen LogP) is 0.110. The lowest BCUT2D eigenvalue weighted by molar-refractivity contribution is -0.384. The minimum atomic E-state index is -0.569. The molecule has 1 rings (SSSR count). The molecule has 0 unspecified atom stereocenters. The van der Waals surface area contributed by atoms with Crippen molar-refractivity contribution in [2.75, 3.05) is 44.9 Å². The van der Waals surface area contributed by atoms with Gasteiger partial charge in [-0.15, -0.1) is 0 Å². The molecule has 0 aliphatic rings. The van der Waals surface area contributed by atoms with E-state index < -0.39 is 4.92 Å². The Morgan fingerprint density at radius 3 is 2.70 bits per heavy atom. The van der Waals surface area contributed by atoms with Crippen molar-refractivity contribution in [2.45, 2.75) is 0 Å². The molecule has 2 amide bonds. The van der Waals surface area contributed by atoms with E-state index >= 15 is 0 Å². The molecule has 10 heteroatoms. The topological polar surface area (TPSA) is 125 Å². The number of anilines is 2. The molecule has 20 heavy (non-hydrogen) atoms. The van der Waals surface area contributed by atoms with E-state index in [1.165, 1.54) is 4.90 Å². The fraction of sp³-hybridized carbons (Fsp3) is 0.500. The lowest BCUT2D eigenvalue weighted by Crippen LogP contribution is -2.37. The molecule has 1 aromatic heterocycles. The molecular weight excluding hydrogens is 266 g/mol. The van der Waals surface area contributed by atoms with Crippen molar-refractivity contribution in [3.63, 3.8) is 0 Å². The molecule has 0 fully saturated rings. The number of hydrogen-bond donors (Lipinski definition) is 3. The van der Waals surface area contributed by atoms with Crippen LogP contribution in [-0.4, -0.2) is 60.1 Å². The van der Waals surface area contributed by atoms with Gasteiger partial charge in [0.1, 0.15) is 6.20 Å². The Hall–Kier alpha value is -2.65. The number of urea groups is 1. The Morgan fingerprint density at radius 2 is 2.15 bits per heavy atom. The summed E-state index contributed by atoms with van der Waals surface area (Å²) in [4.78, 5) is 30.7. The molecule has 0 aliphatic carbocycles. The van der Waals surface area contributed by atoms with Crippen molar-refractivity contribution < 1.29 is 9.72 Å². The maximum atomic E-state index is 11.3. The Balaban J connectivity index is 2.62. The lowest BCUT2D eigenvalue weighted by atomic mass is 10.4. The molecule has 0 bridgehead atoms. The van der Waals surface area contributed by atoms with Crippen LogP contribution in [0.2, 0.25) is 0 Å². The fourth-order valence-corrected chi connectivity index (χ4v) is 1.27. The Labute approximate surface area is 115 Å². The van der Waals surface area contributed by atoms with Crippen molar-refractivity contribution >= 4 is 23.5 Å². The smallest absolute Gasteiger partial charge is 0.329 e. The molecule has 10 nitrogen and oxygen atoms in total. The third kappa shape index (κ3) is 4.23. The van der Waals surface area contributed by atoms with Crippen LogP contribution in [0.5, 0.6) is 0 Å². The average molecular weight is 283 g/mol. The second-order valence-corrected chi connectivity index (χ2v) is 3.99. The highest BCUT2D eigenvalue weighted by molar-refractivity contribution is 5.73. The van der Waals surface area contributed by atoms with E-state index in [0.717, 1.165) is 6.20 Å². The Bertz CT molecular complexity index is 492. The van der Waals surface area contributed by atoms with Crippen molar-refractivity contribution in [1.82, 2.24) is 20.2 Å². The zero-order valence-corrected chi connectivity index (χ0v) is 11.5. The normalized spacial score (nSPS) is 9.75. The first-order valence-electron chi connectivity index (χ1n) is 5.84. The SMILES string of the molecule is CNc1ncc([N+](=O)[O-])c(NCCNC(=O)N(C)C)n1. The Kier molecular flexibility index (Phi) is 5.44. The number of nitro groups is 1. The second-order valence-electron chi connectivity index (χ2n) is 3.99. The molecule has 0 aromatic carbocycles. The first-order valence-corrected chi connectivity index (χ1v) is 5.84. The maximum Gasteiger partial charge on any atom is 0.329 e. The van der Waals surface area contributed by atoms with Crippen LogP contribution in [0.1, 0.15) is 0 Å². The van der Waals surface area contributed by atoms with E-state index in [1.807, 2.05) is 0 Å². The monoisotopic (exact) mass is 283 g/mol. The van der Waals surface area contributed by atoms with Crippen molar-refractivity contribution in [2.24, 2.45) is 0 Å². The van der Waals surface area contributed by atoms with Gasteiger partial charge in [-0.1, -0.05) is 0 Å². The van der Waals surface area contributed by atoms with Gasteiger partial charge in [0.2, 0.25) is 11.8 Å². The second kappa shape index (κ2) is 7.07. The maximum absolute atomic E-state index is 11.3. The summed E-state index contributed by atoms with van der Waals surface area (Å²) in [5, 5.41) is 19.0. The van der Waals surface area contributed by atoms with Crippen LogP contribution in [0.15, 0.2) is 6.20 Å². The van der Waals surface area contributed by atoms with E-state index in [0.29, 0.717) is 13.1 Å². The lowest BCUT2D eigenvalue weighted by Gasteiger charge is -2.12. The average Bonchev–Trinajstić information content (AvgIpc) is 2.42. The molecule has 110 valence electrons. The first-order chi connectivity index (χ1) is 9.45. The van der Waals surface area contributed by atoms with Gasteiger partial charge in [-0.05, 0) is 0 Å². The van der Waals surface area contributed by atoms with Gasteiger partial charge < -0.3 is 20.9 Å². The summed E-state index contributed by atoms with van der Waals surface area (Å²) in [6.45, 7) is 0.619. The van der Waals surface area contributed by atoms with E-state index in [9.17, 15) is 14.9 Å². The summed E-state index contributed by atoms with van der Waals surface area (Å²) in [7, 11) is 4.86. The third-order valence-electron chi connectivity index (χ3n) is 2.29. The minimum absolute atomic E-state index is 0.105. The van der Waals surface area contributed by atoms with Gasteiger partial charge in [-0.2, -0.15) is 4.98 Å². The van der Waals surface area contributed by atoms with Crippen LogP contribution in [0.4, 0.5) is 22.2 Å². The standard InChI is InChI=1S/C10H17N7O3/c1-11-9-14-6-7(17(19)20)8(15-9)12-4-5-13-10(18)16(2)3/h6H,4-5H2,1-3H3,(H,13,18)(H2,11,12,14,15). The predicted molar refractivity (Wildman–Crippen MR) is 73.8 cm³/mol. The number of nitrogens with zero attached hydrogens (tertiary/aromatic N) is 4. The molecule has 0 spiro atoms. The van der Waals surface area contributed by atoms with E-state index in [4.69, 9.17) is 0 Å². The number of nitrogens with one attached hydrogen (secondary N) is 3. The highest BCUT2D eigenvalue weighted by atomic mass is 16.6. The summed E-state index contributed by atoms with van der Waals surface area (Å²) >= 11 is 0. The van der Waals surface area contributed by atoms with Crippen LogP contribution >= 0.6 is 0 Å². The third-order valence-corrected chi connectivity index (χ3v) is 2.29. The van der Waals surface area contributed by atoms with Gasteiger partial charge in [0.15, 0.2) is 0 Å². The van der Waals surface area contributed by atoms with E-state index in [-0.39, 0.29) is 23.5 Å². The van der Waals surface area contributed by atoms with Crippen LogP contribution in [0, 0.1) is 10.1 Å². The number of hydrogen-bond acceptors (Lipinski definition) is 7. The van der Waals surface area contributed by atoms with Crippen molar-refractivity contribution in [3.8, 4) is 0 Å². The summed E-state index contributed by atoms with van der Waals surface area (Å²) in [5.41, 5.74) is -0.220. The van der Waals surface area contributed by atoms with Crippen molar-refractivity contribution in [3.05, 3.63) is 16.3 Å². The summed E-state index contributed by atoms with van der Waals surface area (Å²) < 4.78 is 0. The van der Waals surface area contributed by atoms with Crippen molar-refractivity contribution in [1.29, 1.82) is 0 Å². The highest BCUT2D eigenvalue weighted by Crippen LogP contribution is 2.21. The van der Waals surface area contributed by atoms with Crippen LogP contribution < -0.4 is 16.0 Å². The van der Waals surface area contributed by atoms with E-state index in [2.05, 4.69) is 25.9 Å². The quantitative estimate of drug-likeness (QED) is 0.384. The van der Waals surface area contributed by atoms with Crippen LogP contribution in [-0.2, 0) is 0 Å². The minimum Gasteiger partial charge on any atom is -0.362 e. The number of carbonyl (C=O) groups is 1. The van der Waals surface area contributed by atoms with Gasteiger partial charge in [0.05, 0.1) is 4.92 Å². The molecule has 1 heterocycles. The van der Waals surface area contributed by atoms with Crippen LogP contribution in [0.25, 0.3) is 0 Å². The first kappa shape index (κ1) is 15.4. The molecule has 0 atom stereocenters. The van der Waals surface area contributed by atoms with Gasteiger partial charge >= 0.3 is 11.7 Å². The highest BCUT2D eigenvalue weighted by Gasteiger charge is 2.16. The number of carbonyl (C=O) groups excluding carboxylic acids is 1. The zero-order chi connectivity index (χ0) is 15.1. The summed E-state index contributed by atoms with van der Waals surface area (Å²) in [5.74, 6) is 0.379. The van der Waals surface area contributed by atoms with Gasteiger partial charge in [-0.25, -0.2) is 9.78 Å². The largest absolute Gasteiger partial charge is 0.362 e. The molecule has 0 saturated carbocycles. The number of rotatable bonds is 6. The number of amides is 2. The summed E-state index contributed by atoms with van der Waals surface area (Å²) in [6, 6.07) is -0.236. The van der Waals surface area contributed by atoms with Crippen LogP contribution in [0.3, 0.4) is 0 Å². The van der Waals surface area contributed by atoms with Gasteiger partial charge in [-0.3, -0.25) is 10.1 Å².